The number of hydrogen-bond acceptors (Lipinski definition) is 3. The normalized spacial score (nSPS) is 10.1. The Morgan fingerprint density at radius 1 is 1.77 bits per heavy atom. The second-order valence-electron chi connectivity index (χ2n) is 2.51. The highest BCUT2D eigenvalue weighted by molar-refractivity contribution is 6.31. The van der Waals surface area contributed by atoms with Crippen LogP contribution in [0, 0.1) is 6.92 Å². The van der Waals surface area contributed by atoms with Crippen molar-refractivity contribution in [2.75, 3.05) is 6.61 Å². The number of carboxylic acid groups (broad SMARTS) is 1. The van der Waals surface area contributed by atoms with E-state index in [2.05, 4.69) is 5.10 Å². The maximum absolute atomic E-state index is 10.2. The predicted octanol–water partition coefficient (Wildman–Crippen LogP) is 0.845. The van der Waals surface area contributed by atoms with Gasteiger partial charge in [0, 0.05) is 7.05 Å². The van der Waals surface area contributed by atoms with Crippen LogP contribution in [0.3, 0.4) is 0 Å². The van der Waals surface area contributed by atoms with Crippen molar-refractivity contribution in [1.82, 2.24) is 9.78 Å². The van der Waals surface area contributed by atoms with E-state index in [9.17, 15) is 4.79 Å². The van der Waals surface area contributed by atoms with E-state index in [1.807, 2.05) is 0 Å². The Morgan fingerprint density at radius 2 is 2.38 bits per heavy atom. The Hall–Kier alpha value is -1.23. The molecule has 0 saturated carbocycles. The number of carboxylic acids is 1. The van der Waals surface area contributed by atoms with Crippen LogP contribution in [0.15, 0.2) is 0 Å². The lowest BCUT2D eigenvalue weighted by molar-refractivity contribution is -0.139. The van der Waals surface area contributed by atoms with Crippen molar-refractivity contribution in [3.05, 3.63) is 10.8 Å². The van der Waals surface area contributed by atoms with Crippen molar-refractivity contribution in [3.8, 4) is 5.75 Å². The average Bonchev–Trinajstić information content (AvgIpc) is 2.24. The zero-order chi connectivity index (χ0) is 10.0. The van der Waals surface area contributed by atoms with Crippen molar-refractivity contribution >= 4 is 17.6 Å². The van der Waals surface area contributed by atoms with Gasteiger partial charge >= 0.3 is 5.97 Å². The van der Waals surface area contributed by atoms with Gasteiger partial charge < -0.3 is 9.84 Å². The second-order valence-corrected chi connectivity index (χ2v) is 2.87. The van der Waals surface area contributed by atoms with Gasteiger partial charge in [0.25, 0.3) is 0 Å². The van der Waals surface area contributed by atoms with Crippen LogP contribution in [0.2, 0.25) is 5.15 Å². The fourth-order valence-corrected chi connectivity index (χ4v) is 1.14. The molecule has 0 spiro atoms. The first kappa shape index (κ1) is 9.85. The van der Waals surface area contributed by atoms with Crippen LogP contribution in [0.1, 0.15) is 5.69 Å². The molecule has 0 fully saturated rings. The van der Waals surface area contributed by atoms with E-state index in [-0.39, 0.29) is 0 Å². The third-order valence-corrected chi connectivity index (χ3v) is 1.86. The summed E-state index contributed by atoms with van der Waals surface area (Å²) in [5, 5.41) is 12.6. The van der Waals surface area contributed by atoms with Gasteiger partial charge in [-0.15, -0.1) is 0 Å². The van der Waals surface area contributed by atoms with E-state index >= 15 is 0 Å². The van der Waals surface area contributed by atoms with Crippen LogP contribution in [0.4, 0.5) is 0 Å². The Balaban J connectivity index is 2.81. The fourth-order valence-electron chi connectivity index (χ4n) is 0.908. The fraction of sp³-hybridized carbons (Fsp3) is 0.429. The molecule has 0 unspecified atom stereocenters. The van der Waals surface area contributed by atoms with Gasteiger partial charge in [0.15, 0.2) is 17.5 Å². The van der Waals surface area contributed by atoms with E-state index in [1.165, 1.54) is 4.68 Å². The monoisotopic (exact) mass is 204 g/mol. The van der Waals surface area contributed by atoms with Crippen LogP contribution >= 0.6 is 11.6 Å². The molecule has 0 saturated heterocycles. The van der Waals surface area contributed by atoms with Crippen LogP contribution < -0.4 is 4.74 Å². The zero-order valence-electron chi connectivity index (χ0n) is 7.24. The first-order valence-electron chi connectivity index (χ1n) is 3.56. The Kier molecular flexibility index (Phi) is 2.77. The summed E-state index contributed by atoms with van der Waals surface area (Å²) in [6.45, 7) is 1.29. The maximum Gasteiger partial charge on any atom is 0.341 e. The first-order chi connectivity index (χ1) is 6.02. The van der Waals surface area contributed by atoms with E-state index in [1.54, 1.807) is 14.0 Å². The van der Waals surface area contributed by atoms with Crippen LogP contribution in [0.5, 0.6) is 5.75 Å². The molecule has 0 aliphatic carbocycles. The number of nitrogens with zero attached hydrogens (tertiary/aromatic N) is 2. The van der Waals surface area contributed by atoms with Gasteiger partial charge in [-0.1, -0.05) is 11.6 Å². The number of ether oxygens (including phenoxy) is 1. The Bertz CT molecular complexity index is 335. The number of aliphatic carboxylic acids is 1. The topological polar surface area (TPSA) is 64.4 Å². The van der Waals surface area contributed by atoms with Gasteiger partial charge in [-0.3, -0.25) is 4.68 Å². The summed E-state index contributed by atoms with van der Waals surface area (Å²) in [6.07, 6.45) is 0. The summed E-state index contributed by atoms with van der Waals surface area (Å²) >= 11 is 5.78. The molecule has 1 N–H and O–H groups in total. The third-order valence-electron chi connectivity index (χ3n) is 1.44. The van der Waals surface area contributed by atoms with E-state index in [0.717, 1.165) is 0 Å². The summed E-state index contributed by atoms with van der Waals surface area (Å²) in [4.78, 5) is 10.2. The highest BCUT2D eigenvalue weighted by Gasteiger charge is 2.13. The van der Waals surface area contributed by atoms with Crippen molar-refractivity contribution in [2.45, 2.75) is 6.92 Å². The van der Waals surface area contributed by atoms with Gasteiger partial charge in [-0.25, -0.2) is 4.79 Å². The molecule has 0 atom stereocenters. The molecule has 13 heavy (non-hydrogen) atoms. The summed E-state index contributed by atoms with van der Waals surface area (Å²) in [5.41, 5.74) is 0.578. The Labute approximate surface area is 79.9 Å². The minimum atomic E-state index is -1.04. The van der Waals surface area contributed by atoms with E-state index in [4.69, 9.17) is 21.4 Å². The number of carbonyl (C=O) groups is 1. The number of hydrogen-bond donors (Lipinski definition) is 1. The van der Waals surface area contributed by atoms with E-state index in [0.29, 0.717) is 16.6 Å². The lowest BCUT2D eigenvalue weighted by Gasteiger charge is -2.00. The molecule has 0 bridgehead atoms. The summed E-state index contributed by atoms with van der Waals surface area (Å²) in [5.74, 6) is -0.717. The molecular formula is C7H9ClN2O3. The Morgan fingerprint density at radius 3 is 2.77 bits per heavy atom. The lowest BCUT2D eigenvalue weighted by atomic mass is 10.4. The number of rotatable bonds is 3. The molecule has 72 valence electrons. The van der Waals surface area contributed by atoms with Crippen LogP contribution in [-0.4, -0.2) is 27.5 Å². The van der Waals surface area contributed by atoms with Gasteiger partial charge in [-0.2, -0.15) is 5.10 Å². The average molecular weight is 205 g/mol. The molecule has 0 radical (unpaired) electrons. The largest absolute Gasteiger partial charge is 0.479 e. The smallest absolute Gasteiger partial charge is 0.341 e. The molecule has 0 amide bonds. The summed E-state index contributed by atoms with van der Waals surface area (Å²) in [6, 6.07) is 0. The number of aromatic nitrogens is 2. The van der Waals surface area contributed by atoms with Gasteiger partial charge in [0.05, 0.1) is 0 Å². The van der Waals surface area contributed by atoms with Crippen LogP contribution in [0.25, 0.3) is 0 Å². The van der Waals surface area contributed by atoms with Crippen molar-refractivity contribution in [3.63, 3.8) is 0 Å². The zero-order valence-corrected chi connectivity index (χ0v) is 8.00. The summed E-state index contributed by atoms with van der Waals surface area (Å²) in [7, 11) is 1.66. The highest BCUT2D eigenvalue weighted by atomic mass is 35.5. The van der Waals surface area contributed by atoms with Crippen molar-refractivity contribution in [1.29, 1.82) is 0 Å². The molecule has 1 rings (SSSR count). The van der Waals surface area contributed by atoms with Gasteiger partial charge in [0.1, 0.15) is 5.69 Å². The minimum absolute atomic E-state index is 0.304. The SMILES string of the molecule is Cc1nn(C)c(Cl)c1OCC(=O)O. The molecule has 6 heteroatoms. The third kappa shape index (κ3) is 2.12. The molecular weight excluding hydrogens is 196 g/mol. The lowest BCUT2D eigenvalue weighted by Crippen LogP contribution is -2.09. The molecule has 1 heterocycles. The second kappa shape index (κ2) is 3.66. The first-order valence-corrected chi connectivity index (χ1v) is 3.94. The molecule has 0 aromatic carbocycles. The molecule has 0 aliphatic rings. The maximum atomic E-state index is 10.2. The quantitative estimate of drug-likeness (QED) is 0.793. The predicted molar refractivity (Wildman–Crippen MR) is 46.1 cm³/mol. The number of aryl methyl sites for hydroxylation is 2. The summed E-state index contributed by atoms with van der Waals surface area (Å²) < 4.78 is 6.36. The van der Waals surface area contributed by atoms with E-state index < -0.39 is 12.6 Å². The molecule has 1 aromatic heterocycles. The van der Waals surface area contributed by atoms with Crippen LogP contribution in [-0.2, 0) is 11.8 Å². The van der Waals surface area contributed by atoms with Gasteiger partial charge in [-0.05, 0) is 6.92 Å². The number of halogens is 1. The minimum Gasteiger partial charge on any atom is -0.479 e. The molecule has 1 aromatic rings. The van der Waals surface area contributed by atoms with Crippen molar-refractivity contribution in [2.24, 2.45) is 7.05 Å². The highest BCUT2D eigenvalue weighted by Crippen LogP contribution is 2.26. The molecule has 0 aliphatic heterocycles. The molecule has 5 nitrogen and oxygen atoms in total. The van der Waals surface area contributed by atoms with Gasteiger partial charge in [0.2, 0.25) is 0 Å². The van der Waals surface area contributed by atoms with Crippen molar-refractivity contribution < 1.29 is 14.6 Å². The standard InChI is InChI=1S/C7H9ClN2O3/c1-4-6(13-3-5(11)12)7(8)10(2)9-4/h3H2,1-2H3,(H,11,12).